The molecule has 2 N–H and O–H groups in total. The first-order chi connectivity index (χ1) is 19.2. The van der Waals surface area contributed by atoms with Crippen LogP contribution in [0.4, 0.5) is 0 Å². The molecule has 4 rings (SSSR count). The maximum atomic E-state index is 12.7. The minimum Gasteiger partial charge on any atom is -0.387 e. The van der Waals surface area contributed by atoms with E-state index in [0.29, 0.717) is 17.5 Å². The monoisotopic (exact) mass is 609 g/mol. The third-order valence-electron chi connectivity index (χ3n) is 8.63. The molecule has 0 aliphatic rings. The second-order valence-corrected chi connectivity index (χ2v) is 17.0. The number of hydrogen-bond donors (Lipinski definition) is 2. The molecule has 0 saturated heterocycles. The maximum Gasteiger partial charge on any atom is 0.175 e. The zero-order chi connectivity index (χ0) is 31.3. The molecule has 4 aromatic rings. The smallest absolute Gasteiger partial charge is 0.175 e. The molecular weight excluding hydrogens is 570 g/mol. The molecule has 0 bridgehead atoms. The Hall–Kier alpha value is -3.11. The Morgan fingerprint density at radius 1 is 0.810 bits per heavy atom. The molecule has 2 unspecified atom stereocenters. The van der Waals surface area contributed by atoms with E-state index in [-0.39, 0.29) is 4.90 Å². The van der Waals surface area contributed by atoms with Crippen molar-refractivity contribution in [3.8, 4) is 11.1 Å². The fourth-order valence-corrected chi connectivity index (χ4v) is 6.27. The van der Waals surface area contributed by atoms with Crippen molar-refractivity contribution in [3.05, 3.63) is 95.7 Å². The quantitative estimate of drug-likeness (QED) is 0.259. The predicted octanol–water partition coefficient (Wildman–Crippen LogP) is 5.43. The largest absolute Gasteiger partial charge is 0.387 e. The van der Waals surface area contributed by atoms with Gasteiger partial charge in [0.15, 0.2) is 19.7 Å². The molecule has 0 aliphatic heterocycles. The van der Waals surface area contributed by atoms with E-state index in [1.165, 1.54) is 18.4 Å². The summed E-state index contributed by atoms with van der Waals surface area (Å²) in [4.78, 5) is 4.78. The summed E-state index contributed by atoms with van der Waals surface area (Å²) in [6, 6.07) is 21.6. The van der Waals surface area contributed by atoms with E-state index in [9.17, 15) is 27.0 Å². The lowest BCUT2D eigenvalue weighted by atomic mass is 9.71. The first-order valence-electron chi connectivity index (χ1n) is 13.7. The van der Waals surface area contributed by atoms with Crippen molar-refractivity contribution in [1.29, 1.82) is 0 Å². The summed E-state index contributed by atoms with van der Waals surface area (Å²) in [5.41, 5.74) is 1.50. The standard InChI is InChI=1S/C33H39NO6S2/c1-31(2,42(7,39)40)26-20-25-12-9-17-34-30(25)28(21-26)24-11-8-10-22(18-24)19-29(33(5,36)32(3,4)35)23-13-15-27(16-14-23)41(6,37)38/h8-18,20-21,29,35-36H,19H2,1-7H3. The second kappa shape index (κ2) is 10.9. The van der Waals surface area contributed by atoms with Gasteiger partial charge in [0.2, 0.25) is 0 Å². The van der Waals surface area contributed by atoms with Crippen molar-refractivity contribution in [1.82, 2.24) is 4.98 Å². The Morgan fingerprint density at radius 2 is 1.45 bits per heavy atom. The Balaban J connectivity index is 1.85. The SMILES string of the molecule is CC(C)(O)C(C)(O)C(Cc1cccc(-c2cc(C(C)(C)S(C)(=O)=O)cc3cccnc23)c1)c1ccc(S(C)(=O)=O)cc1. The van der Waals surface area contributed by atoms with Gasteiger partial charge in [0, 0.05) is 35.6 Å². The van der Waals surface area contributed by atoms with E-state index in [0.717, 1.165) is 33.8 Å². The summed E-state index contributed by atoms with van der Waals surface area (Å²) in [5, 5.41) is 23.4. The number of benzene rings is 3. The van der Waals surface area contributed by atoms with Crippen molar-refractivity contribution in [2.75, 3.05) is 12.5 Å². The maximum absolute atomic E-state index is 12.7. The number of pyridine rings is 1. The zero-order valence-corrected chi connectivity index (χ0v) is 26.7. The lowest BCUT2D eigenvalue weighted by Crippen LogP contribution is -2.52. The highest BCUT2D eigenvalue weighted by atomic mass is 32.2. The van der Waals surface area contributed by atoms with Crippen LogP contribution in [0.3, 0.4) is 0 Å². The van der Waals surface area contributed by atoms with Gasteiger partial charge >= 0.3 is 0 Å². The van der Waals surface area contributed by atoms with Crippen LogP contribution < -0.4 is 0 Å². The average Bonchev–Trinajstić information content (AvgIpc) is 2.89. The molecule has 0 spiro atoms. The molecule has 2 atom stereocenters. The Morgan fingerprint density at radius 3 is 2.02 bits per heavy atom. The number of aliphatic hydroxyl groups is 2. The zero-order valence-electron chi connectivity index (χ0n) is 25.1. The number of nitrogens with zero attached hydrogens (tertiary/aromatic N) is 1. The van der Waals surface area contributed by atoms with E-state index >= 15 is 0 Å². The van der Waals surface area contributed by atoms with E-state index in [2.05, 4.69) is 4.98 Å². The molecule has 0 aliphatic carbocycles. The van der Waals surface area contributed by atoms with Gasteiger partial charge in [0.25, 0.3) is 0 Å². The summed E-state index contributed by atoms with van der Waals surface area (Å²) in [5.74, 6) is -0.591. The van der Waals surface area contributed by atoms with Crippen molar-refractivity contribution in [2.45, 2.75) is 67.8 Å². The Labute approximate surface area is 249 Å². The summed E-state index contributed by atoms with van der Waals surface area (Å²) in [6.07, 6.45) is 4.41. The molecule has 0 amide bonds. The fourth-order valence-electron chi connectivity index (χ4n) is 5.09. The normalized spacial score (nSPS) is 15.4. The van der Waals surface area contributed by atoms with Gasteiger partial charge in [-0.1, -0.05) is 42.5 Å². The van der Waals surface area contributed by atoms with Crippen LogP contribution in [0.1, 0.15) is 57.2 Å². The van der Waals surface area contributed by atoms with E-state index in [1.807, 2.05) is 48.5 Å². The lowest BCUT2D eigenvalue weighted by Gasteiger charge is -2.42. The highest BCUT2D eigenvalue weighted by Gasteiger charge is 2.45. The molecule has 3 aromatic carbocycles. The minimum absolute atomic E-state index is 0.172. The minimum atomic E-state index is -3.43. The van der Waals surface area contributed by atoms with Gasteiger partial charge < -0.3 is 10.2 Å². The fraction of sp³-hybridized carbons (Fsp3) is 0.364. The molecule has 9 heteroatoms. The van der Waals surface area contributed by atoms with Crippen LogP contribution in [-0.4, -0.2) is 55.7 Å². The average molecular weight is 610 g/mol. The van der Waals surface area contributed by atoms with Crippen LogP contribution in [0.15, 0.2) is 83.9 Å². The third-order valence-corrected chi connectivity index (χ3v) is 11.9. The topological polar surface area (TPSA) is 122 Å². The molecule has 7 nitrogen and oxygen atoms in total. The predicted molar refractivity (Wildman–Crippen MR) is 168 cm³/mol. The molecule has 224 valence electrons. The van der Waals surface area contributed by atoms with Gasteiger partial charge in [-0.3, -0.25) is 4.98 Å². The summed E-state index contributed by atoms with van der Waals surface area (Å²) >= 11 is 0. The Kier molecular flexibility index (Phi) is 8.23. The highest BCUT2D eigenvalue weighted by Crippen LogP contribution is 2.41. The molecule has 42 heavy (non-hydrogen) atoms. The third kappa shape index (κ3) is 6.15. The van der Waals surface area contributed by atoms with Crippen molar-refractivity contribution in [2.24, 2.45) is 0 Å². The lowest BCUT2D eigenvalue weighted by molar-refractivity contribution is -0.134. The van der Waals surface area contributed by atoms with Crippen LogP contribution in [0.2, 0.25) is 0 Å². The van der Waals surface area contributed by atoms with Crippen molar-refractivity contribution < 1.29 is 27.0 Å². The summed E-state index contributed by atoms with van der Waals surface area (Å²) in [6.45, 7) is 8.07. The van der Waals surface area contributed by atoms with Gasteiger partial charge in [-0.2, -0.15) is 0 Å². The first kappa shape index (κ1) is 31.8. The second-order valence-electron chi connectivity index (χ2n) is 12.4. The van der Waals surface area contributed by atoms with Crippen molar-refractivity contribution in [3.63, 3.8) is 0 Å². The van der Waals surface area contributed by atoms with Crippen LogP contribution >= 0.6 is 0 Å². The van der Waals surface area contributed by atoms with E-state index in [4.69, 9.17) is 0 Å². The van der Waals surface area contributed by atoms with Crippen LogP contribution in [0.25, 0.3) is 22.0 Å². The van der Waals surface area contributed by atoms with Crippen LogP contribution in [0.5, 0.6) is 0 Å². The van der Waals surface area contributed by atoms with Crippen molar-refractivity contribution >= 4 is 30.6 Å². The summed E-state index contributed by atoms with van der Waals surface area (Å²) in [7, 11) is -6.83. The molecule has 1 heterocycles. The van der Waals surface area contributed by atoms with E-state index in [1.54, 1.807) is 52.9 Å². The van der Waals surface area contributed by atoms with Gasteiger partial charge in [-0.05, 0) is 93.6 Å². The first-order valence-corrected chi connectivity index (χ1v) is 17.4. The van der Waals surface area contributed by atoms with E-state index < -0.39 is 41.5 Å². The summed E-state index contributed by atoms with van der Waals surface area (Å²) < 4.78 is 48.4. The number of sulfone groups is 2. The van der Waals surface area contributed by atoms with Crippen LogP contribution in [-0.2, 0) is 30.8 Å². The number of fused-ring (bicyclic) bond motifs is 1. The number of rotatable bonds is 9. The van der Waals surface area contributed by atoms with Gasteiger partial charge in [0.05, 0.1) is 26.4 Å². The highest BCUT2D eigenvalue weighted by molar-refractivity contribution is 7.91. The number of hydrogen-bond acceptors (Lipinski definition) is 7. The molecule has 0 fully saturated rings. The van der Waals surface area contributed by atoms with Crippen LogP contribution in [0, 0.1) is 0 Å². The molecular formula is C33H39NO6S2. The molecule has 1 aromatic heterocycles. The van der Waals surface area contributed by atoms with Gasteiger partial charge in [0.1, 0.15) is 0 Å². The Bertz CT molecular complexity index is 1840. The molecule has 0 radical (unpaired) electrons. The number of aromatic nitrogens is 1. The molecule has 0 saturated carbocycles. The van der Waals surface area contributed by atoms with Gasteiger partial charge in [-0.25, -0.2) is 16.8 Å². The van der Waals surface area contributed by atoms with Gasteiger partial charge in [-0.15, -0.1) is 0 Å².